The van der Waals surface area contributed by atoms with Crippen LogP contribution < -0.4 is 0 Å². The summed E-state index contributed by atoms with van der Waals surface area (Å²) in [6.45, 7) is 1.36. The highest BCUT2D eigenvalue weighted by molar-refractivity contribution is 8.13. The lowest BCUT2D eigenvalue weighted by Gasteiger charge is -2.15. The van der Waals surface area contributed by atoms with Crippen molar-refractivity contribution in [3.05, 3.63) is 35.9 Å². The van der Waals surface area contributed by atoms with Gasteiger partial charge in [0.25, 0.3) is 0 Å². The highest BCUT2D eigenvalue weighted by Gasteiger charge is 2.31. The first-order valence-electron chi connectivity index (χ1n) is 6.24. The second kappa shape index (κ2) is 6.61. The van der Waals surface area contributed by atoms with Gasteiger partial charge >= 0.3 is 6.09 Å². The Kier molecular flexibility index (Phi) is 4.85. The molecule has 4 nitrogen and oxygen atoms in total. The van der Waals surface area contributed by atoms with Crippen molar-refractivity contribution < 1.29 is 14.3 Å². The minimum Gasteiger partial charge on any atom is -0.445 e. The highest BCUT2D eigenvalue weighted by atomic mass is 32.2. The summed E-state index contributed by atoms with van der Waals surface area (Å²) in [7, 11) is 0. The van der Waals surface area contributed by atoms with E-state index in [1.165, 1.54) is 11.8 Å². The van der Waals surface area contributed by atoms with Crippen LogP contribution in [0.1, 0.15) is 12.0 Å². The second-order valence-electron chi connectivity index (χ2n) is 4.49. The topological polar surface area (TPSA) is 46.6 Å². The first kappa shape index (κ1) is 13.9. The maximum Gasteiger partial charge on any atom is 0.410 e. The van der Waals surface area contributed by atoms with Crippen LogP contribution in [0, 0.1) is 5.92 Å². The predicted octanol–water partition coefficient (Wildman–Crippen LogP) is 2.53. The zero-order chi connectivity index (χ0) is 13.7. The number of benzene rings is 1. The van der Waals surface area contributed by atoms with Crippen LogP contribution in [0.4, 0.5) is 4.79 Å². The van der Waals surface area contributed by atoms with E-state index >= 15 is 0 Å². The third kappa shape index (κ3) is 3.73. The Labute approximate surface area is 117 Å². The molecule has 0 saturated carbocycles. The van der Waals surface area contributed by atoms with E-state index < -0.39 is 0 Å². The van der Waals surface area contributed by atoms with E-state index in [0.717, 1.165) is 12.0 Å². The van der Waals surface area contributed by atoms with E-state index in [-0.39, 0.29) is 23.7 Å². The van der Waals surface area contributed by atoms with Gasteiger partial charge in [0.1, 0.15) is 6.61 Å². The molecule has 1 heterocycles. The Hall–Kier alpha value is -1.49. The first-order chi connectivity index (χ1) is 9.20. The molecule has 1 atom stereocenters. The summed E-state index contributed by atoms with van der Waals surface area (Å²) >= 11 is 1.23. The minimum absolute atomic E-state index is 0.0423. The van der Waals surface area contributed by atoms with Crippen molar-refractivity contribution in [3.63, 3.8) is 0 Å². The molecule has 0 bridgehead atoms. The van der Waals surface area contributed by atoms with Gasteiger partial charge in [0.15, 0.2) is 5.12 Å². The van der Waals surface area contributed by atoms with Crippen LogP contribution >= 0.6 is 11.8 Å². The van der Waals surface area contributed by atoms with Crippen molar-refractivity contribution in [3.8, 4) is 0 Å². The smallest absolute Gasteiger partial charge is 0.410 e. The molecule has 1 unspecified atom stereocenters. The zero-order valence-corrected chi connectivity index (χ0v) is 11.7. The average molecular weight is 279 g/mol. The predicted molar refractivity (Wildman–Crippen MR) is 74.8 cm³/mol. The van der Waals surface area contributed by atoms with Crippen LogP contribution in [0.15, 0.2) is 30.3 Å². The van der Waals surface area contributed by atoms with Crippen molar-refractivity contribution in [2.24, 2.45) is 5.92 Å². The van der Waals surface area contributed by atoms with Crippen LogP contribution in [0.25, 0.3) is 0 Å². The summed E-state index contributed by atoms with van der Waals surface area (Å²) in [5.41, 5.74) is 0.965. The third-order valence-corrected chi connectivity index (χ3v) is 3.92. The van der Waals surface area contributed by atoms with Crippen molar-refractivity contribution in [1.82, 2.24) is 4.90 Å². The number of amides is 1. The normalized spacial score (nSPS) is 18.4. The fourth-order valence-corrected chi connectivity index (χ4v) is 2.62. The molecule has 2 rings (SSSR count). The molecule has 0 N–H and O–H groups in total. The summed E-state index contributed by atoms with van der Waals surface area (Å²) in [4.78, 5) is 25.0. The van der Waals surface area contributed by atoms with E-state index in [4.69, 9.17) is 4.74 Å². The van der Waals surface area contributed by atoms with Crippen molar-refractivity contribution in [1.29, 1.82) is 0 Å². The molecular formula is C14H17NO3S. The van der Waals surface area contributed by atoms with E-state index in [0.29, 0.717) is 13.1 Å². The van der Waals surface area contributed by atoms with E-state index in [1.807, 2.05) is 30.3 Å². The van der Waals surface area contributed by atoms with Gasteiger partial charge in [0, 0.05) is 19.0 Å². The van der Waals surface area contributed by atoms with Gasteiger partial charge in [-0.05, 0) is 18.2 Å². The van der Waals surface area contributed by atoms with Gasteiger partial charge in [-0.3, -0.25) is 4.79 Å². The van der Waals surface area contributed by atoms with Crippen molar-refractivity contribution >= 4 is 23.0 Å². The lowest BCUT2D eigenvalue weighted by Crippen LogP contribution is -2.30. The molecule has 0 radical (unpaired) electrons. The first-order valence-corrected chi connectivity index (χ1v) is 7.46. The Morgan fingerprint density at radius 3 is 2.79 bits per heavy atom. The second-order valence-corrected chi connectivity index (χ2v) is 5.31. The number of nitrogens with zero attached hydrogens (tertiary/aromatic N) is 1. The highest BCUT2D eigenvalue weighted by Crippen LogP contribution is 2.21. The fraction of sp³-hybridized carbons (Fsp3) is 0.429. The third-order valence-electron chi connectivity index (χ3n) is 3.19. The van der Waals surface area contributed by atoms with Gasteiger partial charge in [-0.25, -0.2) is 4.79 Å². The van der Waals surface area contributed by atoms with Crippen LogP contribution in [-0.2, 0) is 16.1 Å². The van der Waals surface area contributed by atoms with Gasteiger partial charge in [0.05, 0.1) is 0 Å². The monoisotopic (exact) mass is 279 g/mol. The van der Waals surface area contributed by atoms with Gasteiger partial charge in [0.2, 0.25) is 0 Å². The Morgan fingerprint density at radius 1 is 1.37 bits per heavy atom. The maximum atomic E-state index is 11.9. The van der Waals surface area contributed by atoms with Crippen LogP contribution in [0.2, 0.25) is 0 Å². The zero-order valence-electron chi connectivity index (χ0n) is 10.9. The Balaban J connectivity index is 1.80. The molecule has 1 aromatic carbocycles. The lowest BCUT2D eigenvalue weighted by molar-refractivity contribution is -0.113. The number of hydrogen-bond donors (Lipinski definition) is 0. The summed E-state index contributed by atoms with van der Waals surface area (Å²) in [5, 5.41) is 0.151. The van der Waals surface area contributed by atoms with Gasteiger partial charge < -0.3 is 9.64 Å². The Bertz CT molecular complexity index is 449. The number of ether oxygens (including phenoxy) is 1. The molecule has 1 aliphatic heterocycles. The summed E-state index contributed by atoms with van der Waals surface area (Å²) in [5.74, 6) is -0.0423. The van der Waals surface area contributed by atoms with Crippen molar-refractivity contribution in [2.45, 2.75) is 13.0 Å². The summed E-state index contributed by atoms with van der Waals surface area (Å²) in [6, 6.07) is 9.57. The SMILES string of the molecule is CSC(=O)C1CCN(C(=O)OCc2ccccc2)C1. The van der Waals surface area contributed by atoms with Gasteiger partial charge in [-0.1, -0.05) is 42.1 Å². The summed E-state index contributed by atoms with van der Waals surface area (Å²) < 4.78 is 5.24. The fourth-order valence-electron chi connectivity index (χ4n) is 2.10. The standard InChI is InChI=1S/C14H17NO3S/c1-19-13(16)12-7-8-15(9-12)14(17)18-10-11-5-3-2-4-6-11/h2-6,12H,7-10H2,1H3. The average Bonchev–Trinajstić information content (AvgIpc) is 2.95. The molecule has 1 aliphatic rings. The van der Waals surface area contributed by atoms with Gasteiger partial charge in [-0.15, -0.1) is 0 Å². The van der Waals surface area contributed by atoms with Crippen LogP contribution in [-0.4, -0.2) is 35.5 Å². The number of carbonyl (C=O) groups excluding carboxylic acids is 2. The molecule has 1 aromatic rings. The molecule has 102 valence electrons. The molecule has 0 aliphatic carbocycles. The number of rotatable bonds is 3. The van der Waals surface area contributed by atoms with Crippen LogP contribution in [0.5, 0.6) is 0 Å². The number of hydrogen-bond acceptors (Lipinski definition) is 4. The largest absolute Gasteiger partial charge is 0.445 e. The van der Waals surface area contributed by atoms with E-state index in [1.54, 1.807) is 11.2 Å². The molecule has 19 heavy (non-hydrogen) atoms. The molecule has 0 spiro atoms. The number of carbonyl (C=O) groups is 2. The van der Waals surface area contributed by atoms with E-state index in [9.17, 15) is 9.59 Å². The molecule has 5 heteroatoms. The number of thioether (sulfide) groups is 1. The van der Waals surface area contributed by atoms with Crippen LogP contribution in [0.3, 0.4) is 0 Å². The Morgan fingerprint density at radius 2 is 2.11 bits per heavy atom. The molecule has 1 saturated heterocycles. The molecule has 1 fully saturated rings. The minimum atomic E-state index is -0.333. The van der Waals surface area contributed by atoms with Crippen molar-refractivity contribution in [2.75, 3.05) is 19.3 Å². The molecule has 1 amide bonds. The summed E-state index contributed by atoms with van der Waals surface area (Å²) in [6.07, 6.45) is 2.18. The lowest BCUT2D eigenvalue weighted by atomic mass is 10.1. The maximum absolute atomic E-state index is 11.9. The molecule has 0 aromatic heterocycles. The molecular weight excluding hydrogens is 262 g/mol. The van der Waals surface area contributed by atoms with E-state index in [2.05, 4.69) is 0 Å². The van der Waals surface area contributed by atoms with Gasteiger partial charge in [-0.2, -0.15) is 0 Å². The number of likely N-dealkylation sites (tertiary alicyclic amines) is 1. The quantitative estimate of drug-likeness (QED) is 0.853.